The summed E-state index contributed by atoms with van der Waals surface area (Å²) in [6, 6.07) is 0.212. The molecule has 0 spiro atoms. The van der Waals surface area contributed by atoms with Crippen molar-refractivity contribution < 1.29 is 14.3 Å². The van der Waals surface area contributed by atoms with Gasteiger partial charge < -0.3 is 14.6 Å². The van der Waals surface area contributed by atoms with Gasteiger partial charge in [0.25, 0.3) is 0 Å². The molecular formula is C19H26N4O3S2. The first-order chi connectivity index (χ1) is 13.3. The van der Waals surface area contributed by atoms with Gasteiger partial charge in [0.15, 0.2) is 5.16 Å². The molecule has 0 saturated heterocycles. The van der Waals surface area contributed by atoms with Crippen molar-refractivity contribution in [1.29, 1.82) is 0 Å². The van der Waals surface area contributed by atoms with E-state index in [0.717, 1.165) is 35.8 Å². The minimum atomic E-state index is -0.386. The van der Waals surface area contributed by atoms with E-state index in [0.29, 0.717) is 10.6 Å². The third-order valence-corrected chi connectivity index (χ3v) is 6.77. The van der Waals surface area contributed by atoms with Gasteiger partial charge in [0.2, 0.25) is 5.91 Å². The van der Waals surface area contributed by atoms with Crippen LogP contribution in [-0.2, 0) is 22.4 Å². The summed E-state index contributed by atoms with van der Waals surface area (Å²) in [5.74, 6) is 0.823. The van der Waals surface area contributed by atoms with Crippen molar-refractivity contribution in [3.05, 3.63) is 21.8 Å². The Morgan fingerprint density at radius 1 is 1.25 bits per heavy atom. The van der Waals surface area contributed by atoms with Crippen LogP contribution in [0.15, 0.2) is 5.16 Å². The third kappa shape index (κ3) is 4.10. The normalized spacial score (nSPS) is 13.2. The molecular weight excluding hydrogens is 396 g/mol. The number of anilines is 1. The molecule has 2 aromatic heterocycles. The summed E-state index contributed by atoms with van der Waals surface area (Å²) < 4.78 is 7.00. The fraction of sp³-hybridized carbons (Fsp3) is 0.579. The van der Waals surface area contributed by atoms with Gasteiger partial charge in [-0.25, -0.2) is 4.79 Å². The number of aromatic nitrogens is 3. The van der Waals surface area contributed by atoms with Crippen LogP contribution in [0.5, 0.6) is 0 Å². The average Bonchev–Trinajstić information content (AvgIpc) is 3.32. The summed E-state index contributed by atoms with van der Waals surface area (Å²) >= 11 is 2.84. The molecule has 0 aliphatic heterocycles. The second kappa shape index (κ2) is 8.65. The molecule has 152 valence electrons. The molecule has 1 aliphatic rings. The summed E-state index contributed by atoms with van der Waals surface area (Å²) in [7, 11) is 1.37. The number of hydrogen-bond acceptors (Lipinski definition) is 7. The van der Waals surface area contributed by atoms with Gasteiger partial charge in [-0.3, -0.25) is 4.79 Å². The van der Waals surface area contributed by atoms with E-state index in [4.69, 9.17) is 4.74 Å². The Kier molecular flexibility index (Phi) is 6.44. The van der Waals surface area contributed by atoms with Crippen LogP contribution in [0.2, 0.25) is 0 Å². The Labute approximate surface area is 173 Å². The molecule has 28 heavy (non-hydrogen) atoms. The number of rotatable bonds is 7. The van der Waals surface area contributed by atoms with E-state index in [9.17, 15) is 9.59 Å². The smallest absolute Gasteiger partial charge is 0.341 e. The van der Waals surface area contributed by atoms with Crippen LogP contribution in [0, 0.1) is 0 Å². The van der Waals surface area contributed by atoms with Crippen LogP contribution in [-0.4, -0.2) is 39.5 Å². The summed E-state index contributed by atoms with van der Waals surface area (Å²) in [6.07, 6.45) is 2.85. The Morgan fingerprint density at radius 2 is 2.00 bits per heavy atom. The molecule has 0 fully saturated rings. The number of carbonyl (C=O) groups excluding carboxylic acids is 2. The number of ether oxygens (including phenoxy) is 1. The maximum atomic E-state index is 12.6. The maximum absolute atomic E-state index is 12.6. The molecule has 0 radical (unpaired) electrons. The first kappa shape index (κ1) is 20.9. The average molecular weight is 423 g/mol. The summed E-state index contributed by atoms with van der Waals surface area (Å²) in [5.41, 5.74) is 1.55. The lowest BCUT2D eigenvalue weighted by Crippen LogP contribution is -2.17. The number of nitrogens with zero attached hydrogens (tertiary/aromatic N) is 3. The highest BCUT2D eigenvalue weighted by atomic mass is 32.2. The minimum absolute atomic E-state index is 0.167. The molecule has 9 heteroatoms. The molecule has 0 aromatic carbocycles. The predicted octanol–water partition coefficient (Wildman–Crippen LogP) is 4.05. The van der Waals surface area contributed by atoms with Gasteiger partial charge in [0, 0.05) is 16.8 Å². The Bertz CT molecular complexity index is 886. The zero-order valence-corrected chi connectivity index (χ0v) is 18.5. The van der Waals surface area contributed by atoms with E-state index >= 15 is 0 Å². The molecule has 0 atom stereocenters. The van der Waals surface area contributed by atoms with E-state index in [1.54, 1.807) is 0 Å². The molecule has 2 aromatic rings. The number of fused-ring (bicyclic) bond motifs is 1. The van der Waals surface area contributed by atoms with Crippen LogP contribution in [0.25, 0.3) is 0 Å². The fourth-order valence-corrected chi connectivity index (χ4v) is 5.54. The zero-order chi connectivity index (χ0) is 20.4. The highest BCUT2D eigenvalue weighted by molar-refractivity contribution is 7.99. The van der Waals surface area contributed by atoms with Crippen LogP contribution in [0.1, 0.15) is 72.7 Å². The van der Waals surface area contributed by atoms with Crippen molar-refractivity contribution in [2.45, 2.75) is 64.1 Å². The number of thiophene rings is 1. The summed E-state index contributed by atoms with van der Waals surface area (Å²) in [6.45, 7) is 8.31. The largest absolute Gasteiger partial charge is 0.465 e. The monoisotopic (exact) mass is 422 g/mol. The van der Waals surface area contributed by atoms with Crippen molar-refractivity contribution in [2.24, 2.45) is 0 Å². The molecule has 2 heterocycles. The maximum Gasteiger partial charge on any atom is 0.341 e. The van der Waals surface area contributed by atoms with Crippen molar-refractivity contribution >= 4 is 40.0 Å². The fourth-order valence-electron chi connectivity index (χ4n) is 3.37. The van der Waals surface area contributed by atoms with Gasteiger partial charge in [-0.15, -0.1) is 21.5 Å². The van der Waals surface area contributed by atoms with Gasteiger partial charge in [-0.1, -0.05) is 25.6 Å². The summed E-state index contributed by atoms with van der Waals surface area (Å²) in [5, 5.41) is 12.8. The van der Waals surface area contributed by atoms with Crippen molar-refractivity contribution in [3.8, 4) is 0 Å². The molecule has 0 saturated carbocycles. The first-order valence-electron chi connectivity index (χ1n) is 9.43. The SMILES string of the molecule is COC(=O)c1c(NC(=O)CSc2nnc(C(C)C)n2C(C)C)sc2c1CCC2. The highest BCUT2D eigenvalue weighted by Gasteiger charge is 2.28. The van der Waals surface area contributed by atoms with Crippen molar-refractivity contribution in [3.63, 3.8) is 0 Å². The first-order valence-corrected chi connectivity index (χ1v) is 11.2. The molecule has 1 aliphatic carbocycles. The number of hydrogen-bond donors (Lipinski definition) is 1. The molecule has 7 nitrogen and oxygen atoms in total. The second-order valence-electron chi connectivity index (χ2n) is 7.35. The second-order valence-corrected chi connectivity index (χ2v) is 9.40. The Hall–Kier alpha value is -1.87. The predicted molar refractivity (Wildman–Crippen MR) is 112 cm³/mol. The summed E-state index contributed by atoms with van der Waals surface area (Å²) in [4.78, 5) is 25.9. The van der Waals surface area contributed by atoms with E-state index in [1.165, 1.54) is 35.1 Å². The highest BCUT2D eigenvalue weighted by Crippen LogP contribution is 2.39. The molecule has 3 rings (SSSR count). The number of nitrogens with one attached hydrogen (secondary N) is 1. The Morgan fingerprint density at radius 3 is 2.64 bits per heavy atom. The molecule has 1 amide bonds. The Balaban J connectivity index is 1.72. The van der Waals surface area contributed by atoms with E-state index in [1.807, 2.05) is 0 Å². The lowest BCUT2D eigenvalue weighted by Gasteiger charge is -2.15. The lowest BCUT2D eigenvalue weighted by molar-refractivity contribution is -0.113. The van der Waals surface area contributed by atoms with Gasteiger partial charge in [0.05, 0.1) is 18.4 Å². The number of aryl methyl sites for hydroxylation is 1. The quantitative estimate of drug-likeness (QED) is 0.535. The number of methoxy groups -OCH3 is 1. The van der Waals surface area contributed by atoms with Crippen LogP contribution >= 0.6 is 23.1 Å². The zero-order valence-electron chi connectivity index (χ0n) is 16.9. The topological polar surface area (TPSA) is 86.1 Å². The van der Waals surface area contributed by atoms with Crippen molar-refractivity contribution in [2.75, 3.05) is 18.2 Å². The molecule has 0 bridgehead atoms. The van der Waals surface area contributed by atoms with E-state index in [2.05, 4.69) is 47.8 Å². The molecule has 0 unspecified atom stereocenters. The minimum Gasteiger partial charge on any atom is -0.465 e. The van der Waals surface area contributed by atoms with E-state index in [-0.39, 0.29) is 29.6 Å². The van der Waals surface area contributed by atoms with Crippen molar-refractivity contribution in [1.82, 2.24) is 14.8 Å². The number of carbonyl (C=O) groups is 2. The van der Waals surface area contributed by atoms with Gasteiger partial charge in [-0.2, -0.15) is 0 Å². The van der Waals surface area contributed by atoms with E-state index < -0.39 is 0 Å². The third-order valence-electron chi connectivity index (χ3n) is 4.62. The van der Waals surface area contributed by atoms with Crippen LogP contribution in [0.3, 0.4) is 0 Å². The van der Waals surface area contributed by atoms with Crippen LogP contribution in [0.4, 0.5) is 5.00 Å². The van der Waals surface area contributed by atoms with Crippen LogP contribution < -0.4 is 5.32 Å². The number of esters is 1. The number of thioether (sulfide) groups is 1. The van der Waals surface area contributed by atoms with Gasteiger partial charge in [0.1, 0.15) is 10.8 Å². The van der Waals surface area contributed by atoms with Gasteiger partial charge in [-0.05, 0) is 38.7 Å². The molecule has 1 N–H and O–H groups in total. The van der Waals surface area contributed by atoms with Gasteiger partial charge >= 0.3 is 5.97 Å². The lowest BCUT2D eigenvalue weighted by atomic mass is 10.1. The standard InChI is InChI=1S/C19H26N4O3S2/c1-10(2)16-21-22-19(23(16)11(3)4)27-9-14(24)20-17-15(18(25)26-5)12-7-6-8-13(12)28-17/h10-11H,6-9H2,1-5H3,(H,20,24). The number of amides is 1.